The monoisotopic (exact) mass is 523 g/mol. The van der Waals surface area contributed by atoms with Crippen molar-refractivity contribution in [2.75, 3.05) is 13.2 Å². The van der Waals surface area contributed by atoms with Gasteiger partial charge in [-0.15, -0.1) is 0 Å². The van der Waals surface area contributed by atoms with Crippen molar-refractivity contribution in [3.63, 3.8) is 0 Å². The quantitative estimate of drug-likeness (QED) is 0.175. The zero-order chi connectivity index (χ0) is 26.6. The highest BCUT2D eigenvalue weighted by Crippen LogP contribution is 2.38. The van der Waals surface area contributed by atoms with Crippen LogP contribution in [-0.4, -0.2) is 91.6 Å². The number of amides is 1. The van der Waals surface area contributed by atoms with Crippen LogP contribution in [0.1, 0.15) is 19.4 Å². The van der Waals surface area contributed by atoms with E-state index >= 15 is 0 Å². The molecule has 0 bridgehead atoms. The second-order valence-electron chi connectivity index (χ2n) is 8.48. The predicted octanol–water partition coefficient (Wildman–Crippen LogP) is 0.554. The van der Waals surface area contributed by atoms with Crippen LogP contribution in [0.5, 0.6) is 0 Å². The Morgan fingerprint density at radius 2 is 1.86 bits per heavy atom. The average Bonchev–Trinajstić information content (AvgIpc) is 3.10. The fourth-order valence-corrected chi connectivity index (χ4v) is 4.21. The first-order valence-electron chi connectivity index (χ1n) is 11.0. The van der Waals surface area contributed by atoms with E-state index in [0.717, 1.165) is 32.6 Å². The maximum Gasteiger partial charge on any atom is 0.469 e. The highest BCUT2D eigenvalue weighted by atomic mass is 31.2. The Morgan fingerprint density at radius 1 is 1.19 bits per heavy atom. The number of aliphatic hydroxyl groups is 3. The molecular weight excluding hydrogens is 493 g/mol. The lowest BCUT2D eigenvalue weighted by Gasteiger charge is -2.41. The van der Waals surface area contributed by atoms with E-state index in [4.69, 9.17) is 14.5 Å². The molecule has 196 valence electrons. The van der Waals surface area contributed by atoms with Crippen molar-refractivity contribution < 1.29 is 43.7 Å². The summed E-state index contributed by atoms with van der Waals surface area (Å²) in [7, 11) is -4.84. The molecule has 1 fully saturated rings. The Bertz CT molecular complexity index is 1100. The summed E-state index contributed by atoms with van der Waals surface area (Å²) in [4.78, 5) is 36.6. The number of ether oxygens (including phenoxy) is 1. The lowest BCUT2D eigenvalue weighted by Crippen LogP contribution is -2.57. The summed E-state index contributed by atoms with van der Waals surface area (Å²) >= 11 is 0. The standard InChI is InChI=1S/C23H30N3O9P/c1-14(2)17(15-7-5-4-6-8-15)11-16(24-3)12-26-19(27)9-10-25(23(26)30)22-21(29)20(28)18(35-22)13-34-36(31,32)33/h4-11,18,20-23,28-30H,3,12-13H2,1-2H3,(H2,31,32,33)/b16-11-/t18-,20?,21+,22-,23?/m1/s1. The summed E-state index contributed by atoms with van der Waals surface area (Å²) in [5.74, 6) is -0.541. The van der Waals surface area contributed by atoms with Crippen molar-refractivity contribution >= 4 is 26.0 Å². The van der Waals surface area contributed by atoms with Gasteiger partial charge in [0.25, 0.3) is 5.91 Å². The van der Waals surface area contributed by atoms with Crippen molar-refractivity contribution in [3.05, 3.63) is 65.5 Å². The SMILES string of the molecule is C=N/C(=C\C(=C(C)C)c1ccccc1)CN1C(=O)C=CN([C@@H]2O[C@H](COP(=O)(O)O)C(O)[C@@H]2O)C1O. The van der Waals surface area contributed by atoms with Crippen molar-refractivity contribution in [1.82, 2.24) is 9.80 Å². The number of hydrogen-bond acceptors (Lipinski definition) is 9. The van der Waals surface area contributed by atoms with Gasteiger partial charge in [0.05, 0.1) is 18.8 Å². The van der Waals surface area contributed by atoms with Crippen LogP contribution in [-0.2, 0) is 18.6 Å². The fourth-order valence-electron chi connectivity index (χ4n) is 3.87. The molecule has 1 saturated heterocycles. The van der Waals surface area contributed by atoms with Crippen molar-refractivity contribution in [2.24, 2.45) is 4.99 Å². The zero-order valence-electron chi connectivity index (χ0n) is 19.8. The number of nitrogens with zero attached hydrogens (tertiary/aromatic N) is 3. The summed E-state index contributed by atoms with van der Waals surface area (Å²) in [6, 6.07) is 9.55. The highest BCUT2D eigenvalue weighted by molar-refractivity contribution is 7.46. The number of rotatable bonds is 9. The van der Waals surface area contributed by atoms with Crippen LogP contribution in [0.25, 0.3) is 5.57 Å². The molecule has 0 aromatic heterocycles. The molecule has 12 nitrogen and oxygen atoms in total. The molecule has 1 amide bonds. The van der Waals surface area contributed by atoms with Crippen LogP contribution in [0.3, 0.4) is 0 Å². The van der Waals surface area contributed by atoms with Crippen LogP contribution in [0.15, 0.2) is 64.9 Å². The van der Waals surface area contributed by atoms with Crippen LogP contribution >= 0.6 is 7.82 Å². The Hall–Kier alpha value is -2.67. The topological polar surface area (TPSA) is 173 Å². The Labute approximate surface area is 208 Å². The molecule has 0 radical (unpaired) electrons. The Kier molecular flexibility index (Phi) is 8.98. The van der Waals surface area contributed by atoms with Gasteiger partial charge >= 0.3 is 7.82 Å². The molecule has 13 heteroatoms. The lowest BCUT2D eigenvalue weighted by atomic mass is 10.0. The molecular formula is C23H30N3O9P. The highest BCUT2D eigenvalue weighted by Gasteiger charge is 2.48. The first-order chi connectivity index (χ1) is 16.9. The number of aliphatic hydroxyl groups excluding tert-OH is 3. The minimum absolute atomic E-state index is 0.135. The number of phosphoric ester groups is 1. The average molecular weight is 523 g/mol. The molecule has 2 aliphatic heterocycles. The third kappa shape index (κ3) is 6.55. The molecule has 3 rings (SSSR count). The second kappa shape index (κ2) is 11.6. The molecule has 2 unspecified atom stereocenters. The number of aliphatic imine (C=N–C) groups is 1. The van der Waals surface area contributed by atoms with E-state index in [1.54, 1.807) is 6.08 Å². The van der Waals surface area contributed by atoms with Crippen LogP contribution in [0.2, 0.25) is 0 Å². The summed E-state index contributed by atoms with van der Waals surface area (Å²) in [6.07, 6.45) is -3.28. The van der Waals surface area contributed by atoms with Gasteiger partial charge in [0.1, 0.15) is 18.3 Å². The molecule has 5 N–H and O–H groups in total. The first-order valence-corrected chi connectivity index (χ1v) is 12.5. The summed E-state index contributed by atoms with van der Waals surface area (Å²) in [6.45, 7) is 6.61. The van der Waals surface area contributed by atoms with E-state index < -0.39 is 51.2 Å². The number of hydrogen-bond donors (Lipinski definition) is 5. The first kappa shape index (κ1) is 27.9. The normalized spacial score (nSPS) is 26.9. The van der Waals surface area contributed by atoms with Crippen LogP contribution < -0.4 is 0 Å². The third-order valence-electron chi connectivity index (χ3n) is 5.73. The van der Waals surface area contributed by atoms with Crippen LogP contribution in [0, 0.1) is 0 Å². The van der Waals surface area contributed by atoms with Crippen LogP contribution in [0.4, 0.5) is 0 Å². The maximum absolute atomic E-state index is 12.6. The van der Waals surface area contributed by atoms with Crippen molar-refractivity contribution in [3.8, 4) is 0 Å². The smallest absolute Gasteiger partial charge is 0.387 e. The maximum atomic E-state index is 12.6. The fraction of sp³-hybridized carbons (Fsp3) is 0.391. The summed E-state index contributed by atoms with van der Waals surface area (Å²) in [5.41, 5.74) is 3.19. The molecule has 0 spiro atoms. The second-order valence-corrected chi connectivity index (χ2v) is 9.72. The molecule has 0 aliphatic carbocycles. The summed E-state index contributed by atoms with van der Waals surface area (Å²) < 4.78 is 20.9. The molecule has 2 aliphatic rings. The molecule has 0 saturated carbocycles. The number of benzene rings is 1. The minimum Gasteiger partial charge on any atom is -0.387 e. The minimum atomic E-state index is -4.84. The van der Waals surface area contributed by atoms with Gasteiger partial charge in [-0.3, -0.25) is 19.2 Å². The van der Waals surface area contributed by atoms with E-state index in [0.29, 0.717) is 5.70 Å². The van der Waals surface area contributed by atoms with Crippen molar-refractivity contribution in [2.45, 2.75) is 44.7 Å². The van der Waals surface area contributed by atoms with Gasteiger partial charge in [0.2, 0.25) is 6.35 Å². The zero-order valence-corrected chi connectivity index (χ0v) is 20.7. The van der Waals surface area contributed by atoms with Gasteiger partial charge in [-0.05, 0) is 37.8 Å². The van der Waals surface area contributed by atoms with E-state index in [-0.39, 0.29) is 6.54 Å². The van der Waals surface area contributed by atoms with Gasteiger partial charge in [0.15, 0.2) is 6.23 Å². The number of allylic oxidation sites excluding steroid dienone is 3. The molecule has 1 aromatic rings. The van der Waals surface area contributed by atoms with Gasteiger partial charge in [0, 0.05) is 12.3 Å². The summed E-state index contributed by atoms with van der Waals surface area (Å²) in [5, 5.41) is 31.7. The lowest BCUT2D eigenvalue weighted by molar-refractivity contribution is -0.188. The largest absolute Gasteiger partial charge is 0.469 e. The number of carbonyl (C=O) groups excluding carboxylic acids is 1. The molecule has 1 aromatic carbocycles. The Morgan fingerprint density at radius 3 is 2.44 bits per heavy atom. The van der Waals surface area contributed by atoms with Gasteiger partial charge in [-0.2, -0.15) is 0 Å². The molecule has 5 atom stereocenters. The molecule has 36 heavy (non-hydrogen) atoms. The Balaban J connectivity index is 1.80. The third-order valence-corrected chi connectivity index (χ3v) is 6.21. The number of carbonyl (C=O) groups is 1. The number of phosphoric acid groups is 1. The van der Waals surface area contributed by atoms with Gasteiger partial charge < -0.3 is 34.7 Å². The van der Waals surface area contributed by atoms with Gasteiger partial charge in [-0.1, -0.05) is 35.9 Å². The van der Waals surface area contributed by atoms with E-state index in [9.17, 15) is 24.7 Å². The molecule has 2 heterocycles. The van der Waals surface area contributed by atoms with Crippen molar-refractivity contribution in [1.29, 1.82) is 0 Å². The van der Waals surface area contributed by atoms with E-state index in [1.807, 2.05) is 44.2 Å². The predicted molar refractivity (Wildman–Crippen MR) is 130 cm³/mol. The van der Waals surface area contributed by atoms with Gasteiger partial charge in [-0.25, -0.2) is 4.57 Å². The van der Waals surface area contributed by atoms with E-state index in [2.05, 4.69) is 16.2 Å². The van der Waals surface area contributed by atoms with E-state index in [1.165, 1.54) is 6.20 Å².